The van der Waals surface area contributed by atoms with Crippen LogP contribution in [0.3, 0.4) is 0 Å². The number of thiophene rings is 1. The zero-order chi connectivity index (χ0) is 17.9. The minimum atomic E-state index is -0.139. The third kappa shape index (κ3) is 2.67. The Hall–Kier alpha value is -1.79. The van der Waals surface area contributed by atoms with E-state index in [1.54, 1.807) is 11.3 Å². The van der Waals surface area contributed by atoms with E-state index in [4.69, 9.17) is 19.7 Å². The van der Waals surface area contributed by atoms with E-state index < -0.39 is 0 Å². The van der Waals surface area contributed by atoms with E-state index in [1.165, 1.54) is 35.2 Å². The molecule has 3 aromatic rings. The highest BCUT2D eigenvalue weighted by Crippen LogP contribution is 2.39. The van der Waals surface area contributed by atoms with E-state index in [9.17, 15) is 0 Å². The number of pyridine rings is 1. The molecule has 5 nitrogen and oxygen atoms in total. The predicted molar refractivity (Wildman–Crippen MR) is 106 cm³/mol. The number of aryl methyl sites for hydroxylation is 1. The summed E-state index contributed by atoms with van der Waals surface area (Å²) in [5.74, 6) is 1.94. The Balaban J connectivity index is 1.71. The van der Waals surface area contributed by atoms with E-state index >= 15 is 0 Å². The monoisotopic (exact) mass is 368 g/mol. The molecule has 6 heteroatoms. The molecular weight excluding hydrogens is 344 g/mol. The van der Waals surface area contributed by atoms with Gasteiger partial charge in [-0.15, -0.1) is 11.3 Å². The maximum atomic E-state index is 5.99. The molecule has 0 bridgehead atoms. The van der Waals surface area contributed by atoms with Gasteiger partial charge in [-0.3, -0.25) is 0 Å². The number of aromatic nitrogens is 3. The van der Waals surface area contributed by atoms with Crippen molar-refractivity contribution in [2.24, 2.45) is 0 Å². The number of hydrogen-bond donors (Lipinski definition) is 0. The zero-order valence-electron chi connectivity index (χ0n) is 15.6. The molecular formula is C20H24N4OS. The zero-order valence-corrected chi connectivity index (χ0v) is 16.4. The molecule has 2 aliphatic rings. The van der Waals surface area contributed by atoms with E-state index in [0.717, 1.165) is 46.9 Å². The quantitative estimate of drug-likeness (QED) is 0.638. The van der Waals surface area contributed by atoms with Crippen LogP contribution in [0.5, 0.6) is 0 Å². The summed E-state index contributed by atoms with van der Waals surface area (Å²) in [5, 5.41) is 1.15. The van der Waals surface area contributed by atoms with Crippen LogP contribution in [0.25, 0.3) is 20.4 Å². The molecule has 5 heterocycles. The topological polar surface area (TPSA) is 51.1 Å². The second kappa shape index (κ2) is 5.86. The van der Waals surface area contributed by atoms with Crippen molar-refractivity contribution in [3.05, 3.63) is 23.1 Å². The van der Waals surface area contributed by atoms with E-state index in [0.29, 0.717) is 6.61 Å². The van der Waals surface area contributed by atoms with Gasteiger partial charge in [0.05, 0.1) is 28.1 Å². The molecule has 0 N–H and O–H groups in total. The highest BCUT2D eigenvalue weighted by Gasteiger charge is 2.28. The molecule has 136 valence electrons. The highest BCUT2D eigenvalue weighted by molar-refractivity contribution is 7.25. The van der Waals surface area contributed by atoms with Gasteiger partial charge in [-0.2, -0.15) is 0 Å². The Morgan fingerprint density at radius 3 is 2.73 bits per heavy atom. The minimum Gasteiger partial charge on any atom is -0.370 e. The molecule has 0 spiro atoms. The van der Waals surface area contributed by atoms with Gasteiger partial charge in [0.2, 0.25) is 0 Å². The third-order valence-electron chi connectivity index (χ3n) is 5.44. The van der Waals surface area contributed by atoms with Crippen LogP contribution >= 0.6 is 11.3 Å². The highest BCUT2D eigenvalue weighted by atomic mass is 32.1. The van der Waals surface area contributed by atoms with Crippen LogP contribution in [-0.2, 0) is 17.8 Å². The Kier molecular flexibility index (Phi) is 3.69. The molecule has 5 rings (SSSR count). The molecule has 0 atom stereocenters. The van der Waals surface area contributed by atoms with Crippen molar-refractivity contribution in [3.63, 3.8) is 0 Å². The Morgan fingerprint density at radius 2 is 1.92 bits per heavy atom. The van der Waals surface area contributed by atoms with Crippen molar-refractivity contribution >= 4 is 37.6 Å². The van der Waals surface area contributed by atoms with Gasteiger partial charge in [0.15, 0.2) is 0 Å². The van der Waals surface area contributed by atoms with Gasteiger partial charge in [-0.25, -0.2) is 15.0 Å². The normalized spacial score (nSPS) is 19.9. The maximum Gasteiger partial charge on any atom is 0.150 e. The summed E-state index contributed by atoms with van der Waals surface area (Å²) in [6, 6.07) is 2.25. The Bertz CT molecular complexity index is 1000. The first kappa shape index (κ1) is 16.4. The van der Waals surface area contributed by atoms with Gasteiger partial charge in [-0.1, -0.05) is 0 Å². The largest absolute Gasteiger partial charge is 0.370 e. The Morgan fingerprint density at radius 1 is 1.12 bits per heavy atom. The lowest BCUT2D eigenvalue weighted by Gasteiger charge is -2.30. The number of anilines is 1. The van der Waals surface area contributed by atoms with Gasteiger partial charge in [0.25, 0.3) is 0 Å². The van der Waals surface area contributed by atoms with Crippen LogP contribution in [0.4, 0.5) is 5.82 Å². The number of piperidine rings is 1. The lowest BCUT2D eigenvalue weighted by molar-refractivity contribution is -0.0411. The summed E-state index contributed by atoms with van der Waals surface area (Å²) in [5.41, 5.74) is 3.29. The molecule has 1 fully saturated rings. The van der Waals surface area contributed by atoms with E-state index in [1.807, 2.05) is 6.92 Å². The molecule has 26 heavy (non-hydrogen) atoms. The van der Waals surface area contributed by atoms with Crippen molar-refractivity contribution in [1.29, 1.82) is 0 Å². The average molecular weight is 369 g/mol. The first-order chi connectivity index (χ1) is 12.5. The van der Waals surface area contributed by atoms with Crippen molar-refractivity contribution in [3.8, 4) is 0 Å². The number of fused-ring (bicyclic) bond motifs is 4. The van der Waals surface area contributed by atoms with Crippen LogP contribution in [0.1, 0.15) is 50.2 Å². The molecule has 0 saturated carbocycles. The van der Waals surface area contributed by atoms with Crippen LogP contribution in [0.15, 0.2) is 6.07 Å². The summed E-state index contributed by atoms with van der Waals surface area (Å²) in [7, 11) is 0. The van der Waals surface area contributed by atoms with E-state index in [2.05, 4.69) is 24.8 Å². The van der Waals surface area contributed by atoms with Crippen molar-refractivity contribution in [2.45, 2.75) is 58.7 Å². The van der Waals surface area contributed by atoms with E-state index in [-0.39, 0.29) is 5.60 Å². The number of nitrogens with zero attached hydrogens (tertiary/aromatic N) is 4. The minimum absolute atomic E-state index is 0.139. The smallest absolute Gasteiger partial charge is 0.150 e. The van der Waals surface area contributed by atoms with Gasteiger partial charge in [0.1, 0.15) is 16.5 Å². The summed E-state index contributed by atoms with van der Waals surface area (Å²) >= 11 is 1.75. The maximum absolute atomic E-state index is 5.99. The molecule has 0 radical (unpaired) electrons. The lowest BCUT2D eigenvalue weighted by Crippen LogP contribution is -2.32. The summed E-state index contributed by atoms with van der Waals surface area (Å²) in [4.78, 5) is 18.1. The van der Waals surface area contributed by atoms with Crippen molar-refractivity contribution in [1.82, 2.24) is 15.0 Å². The standard InChI is InChI=1S/C20H24N4OS/c1-12-21-16-14-9-13-11-25-20(2,3)10-15(13)23-19(14)26-17(16)18(22-12)24-7-5-4-6-8-24/h9H,4-8,10-11H2,1-3H3. The number of hydrogen-bond acceptors (Lipinski definition) is 6. The van der Waals surface area contributed by atoms with Gasteiger partial charge >= 0.3 is 0 Å². The molecule has 2 aliphatic heterocycles. The molecule has 3 aromatic heterocycles. The Labute approximate surface area is 157 Å². The molecule has 0 aromatic carbocycles. The number of ether oxygens (including phenoxy) is 1. The first-order valence-electron chi connectivity index (χ1n) is 9.49. The SMILES string of the molecule is Cc1nc(N2CCCCC2)c2sc3nc4c(cc3c2n1)COC(C)(C)C4. The van der Waals surface area contributed by atoms with Gasteiger partial charge in [0, 0.05) is 30.5 Å². The van der Waals surface area contributed by atoms with Gasteiger partial charge < -0.3 is 9.64 Å². The fourth-order valence-corrected chi connectivity index (χ4v) is 5.20. The van der Waals surface area contributed by atoms with Crippen molar-refractivity contribution < 1.29 is 4.74 Å². The van der Waals surface area contributed by atoms with Crippen LogP contribution in [-0.4, -0.2) is 33.6 Å². The fourth-order valence-electron chi connectivity index (χ4n) is 4.07. The first-order valence-corrected chi connectivity index (χ1v) is 10.3. The predicted octanol–water partition coefficient (Wildman–Crippen LogP) is 4.39. The van der Waals surface area contributed by atoms with Crippen molar-refractivity contribution in [2.75, 3.05) is 18.0 Å². The molecule has 0 amide bonds. The van der Waals surface area contributed by atoms with Gasteiger partial charge in [-0.05, 0) is 46.1 Å². The second-order valence-corrected chi connectivity index (χ2v) is 9.09. The summed E-state index contributed by atoms with van der Waals surface area (Å²) in [6.45, 7) is 9.07. The van der Waals surface area contributed by atoms with Crippen LogP contribution in [0.2, 0.25) is 0 Å². The molecule has 1 saturated heterocycles. The lowest BCUT2D eigenvalue weighted by atomic mass is 9.95. The number of rotatable bonds is 1. The van der Waals surface area contributed by atoms with Crippen LogP contribution < -0.4 is 4.90 Å². The second-order valence-electron chi connectivity index (χ2n) is 8.09. The fraction of sp³-hybridized carbons (Fsp3) is 0.550. The molecule has 0 aliphatic carbocycles. The summed E-state index contributed by atoms with van der Waals surface area (Å²) in [6.07, 6.45) is 4.67. The molecule has 0 unspecified atom stereocenters. The van der Waals surface area contributed by atoms with Crippen LogP contribution in [0, 0.1) is 6.92 Å². The summed E-state index contributed by atoms with van der Waals surface area (Å²) < 4.78 is 7.18. The average Bonchev–Trinajstić information content (AvgIpc) is 2.96. The third-order valence-corrected chi connectivity index (χ3v) is 6.52.